The molecule has 0 spiro atoms. The van der Waals surface area contributed by atoms with Crippen molar-refractivity contribution in [3.8, 4) is 40.0 Å². The maximum absolute atomic E-state index is 12.2. The van der Waals surface area contributed by atoms with Gasteiger partial charge in [-0.25, -0.2) is 9.97 Å². The van der Waals surface area contributed by atoms with Crippen molar-refractivity contribution >= 4 is 34.0 Å². The Morgan fingerprint density at radius 3 is 2.82 bits per heavy atom. The molecule has 0 radical (unpaired) electrons. The summed E-state index contributed by atoms with van der Waals surface area (Å²) < 4.78 is 7.54. The third-order valence-electron chi connectivity index (χ3n) is 4.81. The molecule has 0 aliphatic rings. The van der Waals surface area contributed by atoms with Gasteiger partial charge in [-0.1, -0.05) is 42.1 Å². The first kappa shape index (κ1) is 21.0. The van der Waals surface area contributed by atoms with E-state index < -0.39 is 17.1 Å². The number of aromatic amines is 1. The number of benzene rings is 1. The Hall–Kier alpha value is -3.83. The number of thiazole rings is 1. The van der Waals surface area contributed by atoms with Gasteiger partial charge < -0.3 is 19.6 Å². The van der Waals surface area contributed by atoms with E-state index >= 15 is 0 Å². The van der Waals surface area contributed by atoms with Crippen LogP contribution in [0, 0.1) is 6.92 Å². The van der Waals surface area contributed by atoms with E-state index in [4.69, 9.17) is 14.5 Å². The number of rotatable bonds is 6. The molecule has 0 amide bonds. The van der Waals surface area contributed by atoms with E-state index in [0.29, 0.717) is 38.7 Å². The monoisotopic (exact) mass is 480 g/mol. The number of fused-ring (bicyclic) bond motifs is 1. The van der Waals surface area contributed by atoms with E-state index in [0.717, 1.165) is 17.3 Å². The summed E-state index contributed by atoms with van der Waals surface area (Å²) in [7, 11) is 0. The second-order valence-electron chi connectivity index (χ2n) is 7.08. The van der Waals surface area contributed by atoms with Crippen LogP contribution in [-0.2, 0) is 4.79 Å². The number of imidazole rings is 2. The SMILES string of the molecule is Cc1cc(=O)c(O)c(-c2[nH]c(-c3c(SCC(=O)O)nc4sccn34)nc2-c2ccccc2)o1. The number of hydrogen-bond donors (Lipinski definition) is 3. The first-order chi connectivity index (χ1) is 15.9. The summed E-state index contributed by atoms with van der Waals surface area (Å²) >= 11 is 2.50. The fourth-order valence-electron chi connectivity index (χ4n) is 3.44. The molecule has 9 nitrogen and oxygen atoms in total. The lowest BCUT2D eigenvalue weighted by Gasteiger charge is -2.05. The van der Waals surface area contributed by atoms with Gasteiger partial charge in [0.1, 0.15) is 27.9 Å². The molecule has 0 aliphatic carbocycles. The van der Waals surface area contributed by atoms with Gasteiger partial charge in [-0.3, -0.25) is 14.0 Å². The van der Waals surface area contributed by atoms with Crippen LogP contribution in [0.2, 0.25) is 0 Å². The summed E-state index contributed by atoms with van der Waals surface area (Å²) in [6.07, 6.45) is 1.82. The normalized spacial score (nSPS) is 11.3. The van der Waals surface area contributed by atoms with Crippen LogP contribution in [0.5, 0.6) is 5.75 Å². The molecule has 0 fully saturated rings. The maximum atomic E-state index is 12.2. The van der Waals surface area contributed by atoms with Crippen LogP contribution < -0.4 is 5.43 Å². The zero-order chi connectivity index (χ0) is 23.1. The van der Waals surface area contributed by atoms with Crippen molar-refractivity contribution in [3.05, 3.63) is 64.0 Å². The Labute approximate surface area is 194 Å². The summed E-state index contributed by atoms with van der Waals surface area (Å²) in [5.41, 5.74) is 1.55. The standard InChI is InChI=1S/C22H16N4O5S2/c1-11-9-13(27)18(30)19(31-11)16-15(12-5-3-2-4-6-12)23-20(24-16)17-21(33-10-14(28)29)25-22-26(17)7-8-32-22/h2-9,30H,10H2,1H3,(H,23,24)(H,28,29). The van der Waals surface area contributed by atoms with Crippen LogP contribution in [0.1, 0.15) is 5.76 Å². The molecule has 5 aromatic rings. The van der Waals surface area contributed by atoms with Crippen LogP contribution in [0.15, 0.2) is 62.2 Å². The Kier molecular flexibility index (Phi) is 5.27. The number of carboxylic acids is 1. The number of aromatic hydroxyl groups is 1. The highest BCUT2D eigenvalue weighted by atomic mass is 32.2. The fourth-order valence-corrected chi connectivity index (χ4v) is 4.95. The van der Waals surface area contributed by atoms with Crippen LogP contribution in [0.25, 0.3) is 39.2 Å². The number of aromatic nitrogens is 4. The minimum absolute atomic E-state index is 0.0246. The van der Waals surface area contributed by atoms with E-state index in [2.05, 4.69) is 9.97 Å². The van der Waals surface area contributed by atoms with Crippen molar-refractivity contribution in [1.29, 1.82) is 0 Å². The molecule has 1 aromatic carbocycles. The van der Waals surface area contributed by atoms with Crippen molar-refractivity contribution in [2.75, 3.05) is 5.75 Å². The van der Waals surface area contributed by atoms with E-state index in [9.17, 15) is 14.7 Å². The lowest BCUT2D eigenvalue weighted by molar-refractivity contribution is -0.133. The summed E-state index contributed by atoms with van der Waals surface area (Å²) in [6, 6.07) is 10.5. The van der Waals surface area contributed by atoms with E-state index in [1.165, 1.54) is 17.4 Å². The zero-order valence-corrected chi connectivity index (χ0v) is 18.7. The molecule has 11 heteroatoms. The number of aryl methyl sites for hydroxylation is 1. The molecule has 0 bridgehead atoms. The van der Waals surface area contributed by atoms with Gasteiger partial charge in [0.25, 0.3) is 0 Å². The number of carbonyl (C=O) groups is 1. The average Bonchev–Trinajstić information content (AvgIpc) is 3.49. The lowest BCUT2D eigenvalue weighted by Crippen LogP contribution is -2.01. The van der Waals surface area contributed by atoms with Crippen LogP contribution in [0.3, 0.4) is 0 Å². The quantitative estimate of drug-likeness (QED) is 0.307. The molecule has 4 aromatic heterocycles. The Bertz CT molecular complexity index is 1550. The Morgan fingerprint density at radius 1 is 1.27 bits per heavy atom. The molecule has 0 saturated heterocycles. The summed E-state index contributed by atoms with van der Waals surface area (Å²) in [6.45, 7) is 1.62. The number of thioether (sulfide) groups is 1. The molecule has 166 valence electrons. The highest BCUT2D eigenvalue weighted by Gasteiger charge is 2.25. The molecule has 4 heterocycles. The minimum atomic E-state index is -0.959. The van der Waals surface area contributed by atoms with Crippen LogP contribution in [0.4, 0.5) is 0 Å². The van der Waals surface area contributed by atoms with Crippen molar-refractivity contribution in [2.45, 2.75) is 11.9 Å². The molecular formula is C22H16N4O5S2. The third-order valence-corrected chi connectivity index (χ3v) is 6.52. The predicted octanol–water partition coefficient (Wildman–Crippen LogP) is 4.26. The molecule has 0 atom stereocenters. The van der Waals surface area contributed by atoms with Crippen molar-refractivity contribution in [1.82, 2.24) is 19.4 Å². The van der Waals surface area contributed by atoms with Crippen molar-refractivity contribution in [2.24, 2.45) is 0 Å². The second kappa shape index (κ2) is 8.26. The van der Waals surface area contributed by atoms with Crippen LogP contribution >= 0.6 is 23.1 Å². The molecule has 33 heavy (non-hydrogen) atoms. The van der Waals surface area contributed by atoms with Gasteiger partial charge in [-0.2, -0.15) is 0 Å². The number of nitrogens with one attached hydrogen (secondary N) is 1. The van der Waals surface area contributed by atoms with Crippen LogP contribution in [-0.4, -0.2) is 41.3 Å². The van der Waals surface area contributed by atoms with Gasteiger partial charge in [0.2, 0.25) is 11.2 Å². The van der Waals surface area contributed by atoms with Crippen molar-refractivity contribution in [3.63, 3.8) is 0 Å². The fraction of sp³-hybridized carbons (Fsp3) is 0.0909. The smallest absolute Gasteiger partial charge is 0.313 e. The van der Waals surface area contributed by atoms with Gasteiger partial charge >= 0.3 is 5.97 Å². The molecule has 0 aliphatic heterocycles. The van der Waals surface area contributed by atoms with Gasteiger partial charge in [0.15, 0.2) is 16.5 Å². The predicted molar refractivity (Wildman–Crippen MR) is 125 cm³/mol. The first-order valence-corrected chi connectivity index (χ1v) is 11.6. The summed E-state index contributed by atoms with van der Waals surface area (Å²) in [4.78, 5) is 36.6. The largest absolute Gasteiger partial charge is 0.501 e. The van der Waals surface area contributed by atoms with Gasteiger partial charge in [-0.05, 0) is 6.92 Å². The van der Waals surface area contributed by atoms with Gasteiger partial charge in [0, 0.05) is 23.2 Å². The average molecular weight is 481 g/mol. The number of aliphatic carboxylic acids is 1. The topological polar surface area (TPSA) is 134 Å². The van der Waals surface area contributed by atoms with E-state index in [-0.39, 0.29) is 11.5 Å². The summed E-state index contributed by atoms with van der Waals surface area (Å²) in [5.74, 6) is -0.939. The molecule has 3 N–H and O–H groups in total. The number of nitrogens with zero attached hydrogens (tertiary/aromatic N) is 3. The Morgan fingerprint density at radius 2 is 2.06 bits per heavy atom. The number of carboxylic acid groups (broad SMARTS) is 1. The highest BCUT2D eigenvalue weighted by molar-refractivity contribution is 8.00. The Balaban J connectivity index is 1.77. The number of hydrogen-bond acceptors (Lipinski definition) is 8. The minimum Gasteiger partial charge on any atom is -0.501 e. The van der Waals surface area contributed by atoms with E-state index in [1.54, 1.807) is 6.92 Å². The second-order valence-corrected chi connectivity index (χ2v) is 8.91. The maximum Gasteiger partial charge on any atom is 0.313 e. The summed E-state index contributed by atoms with van der Waals surface area (Å²) in [5, 5.41) is 22.0. The van der Waals surface area contributed by atoms with Gasteiger partial charge in [-0.15, -0.1) is 11.3 Å². The molecule has 5 rings (SSSR count). The van der Waals surface area contributed by atoms with Crippen molar-refractivity contribution < 1.29 is 19.4 Å². The zero-order valence-electron chi connectivity index (χ0n) is 17.1. The van der Waals surface area contributed by atoms with E-state index in [1.807, 2.05) is 46.3 Å². The first-order valence-electron chi connectivity index (χ1n) is 9.72. The highest BCUT2D eigenvalue weighted by Crippen LogP contribution is 2.39. The molecular weight excluding hydrogens is 464 g/mol. The third kappa shape index (κ3) is 3.81. The van der Waals surface area contributed by atoms with Gasteiger partial charge in [0.05, 0.1) is 5.75 Å². The molecule has 0 saturated carbocycles. The lowest BCUT2D eigenvalue weighted by atomic mass is 10.1. The molecule has 0 unspecified atom stereocenters. The number of H-pyrrole nitrogens is 1.